The highest BCUT2D eigenvalue weighted by molar-refractivity contribution is 9.10. The first-order chi connectivity index (χ1) is 13.1. The van der Waals surface area contributed by atoms with Crippen molar-refractivity contribution in [3.63, 3.8) is 0 Å². The second-order valence-electron chi connectivity index (χ2n) is 6.13. The molecule has 0 saturated carbocycles. The van der Waals surface area contributed by atoms with Gasteiger partial charge in [0.1, 0.15) is 5.69 Å². The molecule has 2 rings (SSSR count). The zero-order chi connectivity index (χ0) is 21.1. The number of hydrogen-bond donors (Lipinski definition) is 2. The van der Waals surface area contributed by atoms with E-state index < -0.39 is 21.8 Å². The van der Waals surface area contributed by atoms with Crippen LogP contribution in [0.5, 0.6) is 0 Å². The molecule has 10 heteroatoms. The van der Waals surface area contributed by atoms with Crippen LogP contribution < -0.4 is 10.9 Å². The summed E-state index contributed by atoms with van der Waals surface area (Å²) in [5.74, 6) is -1.11. The van der Waals surface area contributed by atoms with Crippen molar-refractivity contribution in [3.8, 4) is 0 Å². The zero-order valence-electron chi connectivity index (χ0n) is 16.1. The maximum absolute atomic E-state index is 12.8. The number of nitrogens with one attached hydrogen (secondary N) is 2. The van der Waals surface area contributed by atoms with E-state index in [2.05, 4.69) is 26.8 Å². The third-order valence-electron chi connectivity index (χ3n) is 4.27. The van der Waals surface area contributed by atoms with Crippen LogP contribution in [0.4, 0.5) is 0 Å². The fourth-order valence-electron chi connectivity index (χ4n) is 2.72. The van der Waals surface area contributed by atoms with Crippen molar-refractivity contribution in [1.82, 2.24) is 19.7 Å². The Morgan fingerprint density at radius 2 is 1.71 bits per heavy atom. The van der Waals surface area contributed by atoms with Gasteiger partial charge in [-0.25, -0.2) is 8.42 Å². The first-order valence-electron chi connectivity index (χ1n) is 8.65. The molecule has 0 aliphatic heterocycles. The van der Waals surface area contributed by atoms with E-state index >= 15 is 0 Å². The topological polar surface area (TPSA) is 101 Å². The monoisotopic (exact) mass is 470 g/mol. The molecule has 2 aromatic rings. The molecule has 2 amide bonds. The van der Waals surface area contributed by atoms with Crippen LogP contribution in [0.15, 0.2) is 39.8 Å². The van der Waals surface area contributed by atoms with E-state index in [1.807, 2.05) is 0 Å². The van der Waals surface area contributed by atoms with Gasteiger partial charge in [-0.05, 0) is 46.6 Å². The van der Waals surface area contributed by atoms with Crippen molar-refractivity contribution in [3.05, 3.63) is 51.8 Å². The molecule has 8 nitrogen and oxygen atoms in total. The maximum atomic E-state index is 12.8. The predicted molar refractivity (Wildman–Crippen MR) is 109 cm³/mol. The predicted octanol–water partition coefficient (Wildman–Crippen LogP) is 2.20. The molecule has 1 aromatic carbocycles. The minimum Gasteiger partial charge on any atom is -0.345 e. The van der Waals surface area contributed by atoms with Gasteiger partial charge < -0.3 is 4.57 Å². The molecule has 0 aliphatic carbocycles. The van der Waals surface area contributed by atoms with E-state index in [1.165, 1.54) is 16.4 Å². The Morgan fingerprint density at radius 1 is 1.11 bits per heavy atom. The number of aromatic nitrogens is 1. The molecule has 1 heterocycles. The summed E-state index contributed by atoms with van der Waals surface area (Å²) in [6.07, 6.45) is 1.71. The maximum Gasteiger partial charge on any atom is 0.286 e. The van der Waals surface area contributed by atoms with Crippen LogP contribution in [0.25, 0.3) is 0 Å². The molecule has 0 fully saturated rings. The molecule has 0 spiro atoms. The van der Waals surface area contributed by atoms with Gasteiger partial charge in [0.05, 0.1) is 4.90 Å². The molecule has 0 bridgehead atoms. The molecule has 0 radical (unpaired) electrons. The normalized spacial score (nSPS) is 11.5. The summed E-state index contributed by atoms with van der Waals surface area (Å²) in [5.41, 5.74) is 5.66. The molecule has 0 atom stereocenters. The highest BCUT2D eigenvalue weighted by atomic mass is 79.9. The van der Waals surface area contributed by atoms with E-state index in [0.29, 0.717) is 24.3 Å². The van der Waals surface area contributed by atoms with Crippen molar-refractivity contribution in [2.75, 3.05) is 13.1 Å². The van der Waals surface area contributed by atoms with Gasteiger partial charge in [-0.2, -0.15) is 4.31 Å². The van der Waals surface area contributed by atoms with Gasteiger partial charge in [0, 0.05) is 36.4 Å². The summed E-state index contributed by atoms with van der Waals surface area (Å²) in [5, 5.41) is 0. The highest BCUT2D eigenvalue weighted by Crippen LogP contribution is 2.21. The molecule has 0 unspecified atom stereocenters. The van der Waals surface area contributed by atoms with E-state index in [-0.39, 0.29) is 10.5 Å². The second kappa shape index (κ2) is 8.89. The first-order valence-corrected chi connectivity index (χ1v) is 10.9. The second-order valence-corrected chi connectivity index (χ2v) is 8.95. The van der Waals surface area contributed by atoms with Crippen molar-refractivity contribution in [1.29, 1.82) is 0 Å². The van der Waals surface area contributed by atoms with Crippen LogP contribution in [-0.4, -0.2) is 42.2 Å². The average Bonchev–Trinajstić information content (AvgIpc) is 2.98. The molecule has 0 aliphatic rings. The fraction of sp³-hybridized carbons (Fsp3) is 0.333. The first kappa shape index (κ1) is 22.1. The van der Waals surface area contributed by atoms with Gasteiger partial charge >= 0.3 is 0 Å². The average molecular weight is 471 g/mol. The number of benzene rings is 1. The number of hydrazine groups is 1. The summed E-state index contributed by atoms with van der Waals surface area (Å²) in [7, 11) is -2.01. The third-order valence-corrected chi connectivity index (χ3v) is 6.89. The van der Waals surface area contributed by atoms with Crippen LogP contribution in [0.1, 0.15) is 40.3 Å². The van der Waals surface area contributed by atoms with Crippen LogP contribution in [0, 0.1) is 6.92 Å². The molecular formula is C18H23BrN4O4S. The Kier molecular flexibility index (Phi) is 7.02. The minimum absolute atomic E-state index is 0.0709. The number of carbonyl (C=O) groups is 2. The summed E-state index contributed by atoms with van der Waals surface area (Å²) in [6, 6.07) is 6.02. The van der Waals surface area contributed by atoms with Crippen molar-refractivity contribution in [2.45, 2.75) is 25.7 Å². The van der Waals surface area contributed by atoms with Crippen LogP contribution in [-0.2, 0) is 17.1 Å². The summed E-state index contributed by atoms with van der Waals surface area (Å²) < 4.78 is 29.3. The van der Waals surface area contributed by atoms with Crippen molar-refractivity contribution < 1.29 is 18.0 Å². The molecular weight excluding hydrogens is 448 g/mol. The van der Waals surface area contributed by atoms with Gasteiger partial charge in [-0.15, -0.1) is 0 Å². The fourth-order valence-corrected chi connectivity index (χ4v) is 4.95. The lowest BCUT2D eigenvalue weighted by Gasteiger charge is -2.20. The SMILES string of the molecule is CCN(CC)S(=O)(=O)c1cc(C(=O)NNC(=O)c2cc(Br)cn2C)ccc1C. The minimum atomic E-state index is -3.71. The van der Waals surface area contributed by atoms with Gasteiger partial charge in [0.15, 0.2) is 0 Å². The Bertz CT molecular complexity index is 997. The lowest BCUT2D eigenvalue weighted by atomic mass is 10.1. The van der Waals surface area contributed by atoms with Gasteiger partial charge in [0.25, 0.3) is 11.8 Å². The lowest BCUT2D eigenvalue weighted by molar-refractivity contribution is 0.0842. The Balaban J connectivity index is 2.21. The summed E-state index contributed by atoms with van der Waals surface area (Å²) >= 11 is 3.28. The molecule has 2 N–H and O–H groups in total. The Hall–Kier alpha value is -2.17. The van der Waals surface area contributed by atoms with Crippen molar-refractivity contribution in [2.24, 2.45) is 7.05 Å². The molecule has 152 valence electrons. The largest absolute Gasteiger partial charge is 0.345 e. The molecule has 28 heavy (non-hydrogen) atoms. The number of carbonyl (C=O) groups excluding carboxylic acids is 2. The summed E-state index contributed by atoms with van der Waals surface area (Å²) in [4.78, 5) is 24.7. The van der Waals surface area contributed by atoms with E-state index in [1.54, 1.807) is 50.7 Å². The Morgan fingerprint density at radius 3 is 2.25 bits per heavy atom. The molecule has 1 aromatic heterocycles. The zero-order valence-corrected chi connectivity index (χ0v) is 18.5. The number of amides is 2. The van der Waals surface area contributed by atoms with E-state index in [0.717, 1.165) is 4.47 Å². The standard InChI is InChI=1S/C18H23BrN4O4S/c1-5-23(6-2)28(26,27)16-9-13(8-7-12(16)3)17(24)20-21-18(25)15-10-14(19)11-22(15)4/h7-11H,5-6H2,1-4H3,(H,20,24)(H,21,25). The van der Waals surface area contributed by atoms with Gasteiger partial charge in [-0.3, -0.25) is 20.4 Å². The summed E-state index contributed by atoms with van der Waals surface area (Å²) in [6.45, 7) is 5.84. The van der Waals surface area contributed by atoms with Crippen LogP contribution in [0.3, 0.4) is 0 Å². The number of sulfonamides is 1. The van der Waals surface area contributed by atoms with Gasteiger partial charge in [-0.1, -0.05) is 19.9 Å². The quantitative estimate of drug-likeness (QED) is 0.631. The van der Waals surface area contributed by atoms with Crippen LogP contribution >= 0.6 is 15.9 Å². The van der Waals surface area contributed by atoms with E-state index in [9.17, 15) is 18.0 Å². The Labute approximate surface area is 173 Å². The number of halogens is 1. The smallest absolute Gasteiger partial charge is 0.286 e. The number of nitrogens with zero attached hydrogens (tertiary/aromatic N) is 2. The van der Waals surface area contributed by atoms with E-state index in [4.69, 9.17) is 0 Å². The van der Waals surface area contributed by atoms with Gasteiger partial charge in [0.2, 0.25) is 10.0 Å². The lowest BCUT2D eigenvalue weighted by Crippen LogP contribution is -2.42. The number of rotatable bonds is 6. The number of aryl methyl sites for hydroxylation is 2. The van der Waals surface area contributed by atoms with Crippen molar-refractivity contribution >= 4 is 37.8 Å². The van der Waals surface area contributed by atoms with Crippen LogP contribution in [0.2, 0.25) is 0 Å². The number of hydrogen-bond acceptors (Lipinski definition) is 4. The highest BCUT2D eigenvalue weighted by Gasteiger charge is 2.25. The molecule has 0 saturated heterocycles. The third kappa shape index (κ3) is 4.62.